The Morgan fingerprint density at radius 2 is 2.00 bits per heavy atom. The number of carbonyl (C=O) groups is 1. The Hall–Kier alpha value is -2.12. The van der Waals surface area contributed by atoms with Crippen molar-refractivity contribution >= 4 is 44.9 Å². The summed E-state index contributed by atoms with van der Waals surface area (Å²) in [6.45, 7) is 2.05. The van der Waals surface area contributed by atoms with Crippen LogP contribution in [0, 0.1) is 0 Å². The minimum atomic E-state index is -0.253. The second-order valence-electron chi connectivity index (χ2n) is 4.66. The molecule has 0 spiro atoms. The topological polar surface area (TPSA) is 64.1 Å². The first-order chi connectivity index (χ1) is 11.2. The van der Waals surface area contributed by atoms with Gasteiger partial charge in [0, 0.05) is 0 Å². The molecule has 0 aliphatic carbocycles. The molecule has 3 aromatic rings. The van der Waals surface area contributed by atoms with Gasteiger partial charge in [0.2, 0.25) is 5.13 Å². The fourth-order valence-corrected chi connectivity index (χ4v) is 3.82. The van der Waals surface area contributed by atoms with Gasteiger partial charge in [-0.1, -0.05) is 54.3 Å². The first-order valence-electron chi connectivity index (χ1n) is 7.05. The number of benzene rings is 2. The number of methoxy groups -OCH3 is 1. The van der Waals surface area contributed by atoms with E-state index in [1.807, 2.05) is 43.3 Å². The van der Waals surface area contributed by atoms with Gasteiger partial charge in [-0.15, -0.1) is 10.2 Å². The second-order valence-corrected chi connectivity index (χ2v) is 7.15. The molecule has 2 aromatic carbocycles. The van der Waals surface area contributed by atoms with Crippen LogP contribution in [-0.2, 0) is 0 Å². The van der Waals surface area contributed by atoms with Crippen molar-refractivity contribution in [3.63, 3.8) is 0 Å². The Morgan fingerprint density at radius 3 is 2.70 bits per heavy atom. The molecule has 0 bridgehead atoms. The molecule has 1 heterocycles. The number of ether oxygens (including phenoxy) is 1. The van der Waals surface area contributed by atoms with Crippen molar-refractivity contribution in [2.75, 3.05) is 18.2 Å². The lowest BCUT2D eigenvalue weighted by atomic mass is 10.1. The first kappa shape index (κ1) is 15.8. The molecule has 23 heavy (non-hydrogen) atoms. The van der Waals surface area contributed by atoms with Crippen molar-refractivity contribution in [2.24, 2.45) is 0 Å². The van der Waals surface area contributed by atoms with Gasteiger partial charge >= 0.3 is 0 Å². The van der Waals surface area contributed by atoms with Crippen LogP contribution in [0.3, 0.4) is 0 Å². The van der Waals surface area contributed by atoms with E-state index in [1.54, 1.807) is 18.9 Å². The summed E-state index contributed by atoms with van der Waals surface area (Å²) in [5, 5.41) is 13.3. The molecule has 0 saturated heterocycles. The zero-order chi connectivity index (χ0) is 16.2. The number of hydrogen-bond donors (Lipinski definition) is 1. The van der Waals surface area contributed by atoms with Gasteiger partial charge in [-0.05, 0) is 28.7 Å². The van der Waals surface area contributed by atoms with E-state index in [2.05, 4.69) is 15.5 Å². The maximum absolute atomic E-state index is 12.5. The van der Waals surface area contributed by atoms with Crippen molar-refractivity contribution in [1.29, 1.82) is 0 Å². The summed E-state index contributed by atoms with van der Waals surface area (Å²) in [7, 11) is 1.56. The third-order valence-electron chi connectivity index (χ3n) is 3.21. The molecule has 0 fully saturated rings. The minimum absolute atomic E-state index is 0.253. The molecular weight excluding hydrogens is 330 g/mol. The van der Waals surface area contributed by atoms with Crippen LogP contribution in [0.15, 0.2) is 40.7 Å². The Morgan fingerprint density at radius 1 is 1.26 bits per heavy atom. The lowest BCUT2D eigenvalue weighted by Gasteiger charge is -2.09. The zero-order valence-corrected chi connectivity index (χ0v) is 14.3. The molecule has 5 nitrogen and oxygen atoms in total. The fourth-order valence-electron chi connectivity index (χ4n) is 2.17. The van der Waals surface area contributed by atoms with Gasteiger partial charge in [-0.25, -0.2) is 0 Å². The Kier molecular flexibility index (Phi) is 4.78. The van der Waals surface area contributed by atoms with E-state index in [-0.39, 0.29) is 5.91 Å². The van der Waals surface area contributed by atoms with Gasteiger partial charge in [0.1, 0.15) is 5.75 Å². The van der Waals surface area contributed by atoms with Crippen LogP contribution in [0.5, 0.6) is 5.75 Å². The summed E-state index contributed by atoms with van der Waals surface area (Å²) >= 11 is 2.96. The molecule has 0 saturated carbocycles. The normalized spacial score (nSPS) is 10.7. The van der Waals surface area contributed by atoms with E-state index in [9.17, 15) is 4.79 Å². The van der Waals surface area contributed by atoms with E-state index in [0.717, 1.165) is 20.9 Å². The van der Waals surface area contributed by atoms with Crippen LogP contribution in [0.4, 0.5) is 5.13 Å². The van der Waals surface area contributed by atoms with Gasteiger partial charge in [-0.3, -0.25) is 10.1 Å². The molecule has 0 aliphatic rings. The number of hydrogen-bond acceptors (Lipinski definition) is 6. The monoisotopic (exact) mass is 345 g/mol. The van der Waals surface area contributed by atoms with Crippen LogP contribution in [0.1, 0.15) is 17.3 Å². The van der Waals surface area contributed by atoms with Crippen molar-refractivity contribution in [1.82, 2.24) is 10.2 Å². The average Bonchev–Trinajstić information content (AvgIpc) is 3.01. The number of nitrogens with zero attached hydrogens (tertiary/aromatic N) is 2. The molecule has 1 aromatic heterocycles. The summed E-state index contributed by atoms with van der Waals surface area (Å²) in [5.74, 6) is 1.20. The third-order valence-corrected chi connectivity index (χ3v) is 5.06. The van der Waals surface area contributed by atoms with Gasteiger partial charge in [0.15, 0.2) is 4.34 Å². The fraction of sp³-hybridized carbons (Fsp3) is 0.188. The Labute approximate surface area is 142 Å². The maximum atomic E-state index is 12.5. The molecular formula is C16H15N3O2S2. The van der Waals surface area contributed by atoms with E-state index < -0.39 is 0 Å². The third kappa shape index (κ3) is 3.46. The molecule has 3 rings (SSSR count). The van der Waals surface area contributed by atoms with E-state index in [4.69, 9.17) is 4.74 Å². The lowest BCUT2D eigenvalue weighted by molar-refractivity contribution is 0.102. The summed E-state index contributed by atoms with van der Waals surface area (Å²) in [4.78, 5) is 12.5. The number of rotatable bonds is 5. The molecule has 118 valence electrons. The van der Waals surface area contributed by atoms with Gasteiger partial charge < -0.3 is 4.74 Å². The molecule has 7 heteroatoms. The summed E-state index contributed by atoms with van der Waals surface area (Å²) in [5.41, 5.74) is 0.478. The number of anilines is 1. The van der Waals surface area contributed by atoms with E-state index in [1.165, 1.54) is 11.3 Å². The molecule has 1 amide bonds. The number of amides is 1. The van der Waals surface area contributed by atoms with Crippen molar-refractivity contribution in [2.45, 2.75) is 11.3 Å². The van der Waals surface area contributed by atoms with E-state index >= 15 is 0 Å². The Balaban J connectivity index is 1.89. The number of carbonyl (C=O) groups excluding carboxylic acids is 1. The second kappa shape index (κ2) is 6.97. The quantitative estimate of drug-likeness (QED) is 0.558. The molecule has 1 N–H and O–H groups in total. The van der Waals surface area contributed by atoms with Gasteiger partial charge in [-0.2, -0.15) is 0 Å². The highest BCUT2D eigenvalue weighted by atomic mass is 32.2. The molecule has 0 atom stereocenters. The van der Waals surface area contributed by atoms with Crippen LogP contribution in [-0.4, -0.2) is 29.0 Å². The van der Waals surface area contributed by atoms with E-state index in [0.29, 0.717) is 16.4 Å². The SMILES string of the molecule is CCSc1nnc(NC(=O)c2cc3ccccc3cc2OC)s1. The minimum Gasteiger partial charge on any atom is -0.496 e. The summed E-state index contributed by atoms with van der Waals surface area (Å²) < 4.78 is 6.20. The van der Waals surface area contributed by atoms with Gasteiger partial charge in [0.25, 0.3) is 5.91 Å². The molecule has 0 aliphatic heterocycles. The number of aromatic nitrogens is 2. The highest BCUT2D eigenvalue weighted by Crippen LogP contribution is 2.28. The average molecular weight is 345 g/mol. The Bertz CT molecular complexity index is 848. The number of thioether (sulfide) groups is 1. The van der Waals surface area contributed by atoms with Crippen LogP contribution < -0.4 is 10.1 Å². The molecule has 0 unspecified atom stereocenters. The number of nitrogens with one attached hydrogen (secondary N) is 1. The highest BCUT2D eigenvalue weighted by Gasteiger charge is 2.16. The smallest absolute Gasteiger partial charge is 0.261 e. The largest absolute Gasteiger partial charge is 0.496 e. The highest BCUT2D eigenvalue weighted by molar-refractivity contribution is 8.01. The van der Waals surface area contributed by atoms with Crippen molar-refractivity contribution in [3.8, 4) is 5.75 Å². The van der Waals surface area contributed by atoms with Crippen molar-refractivity contribution in [3.05, 3.63) is 42.0 Å². The predicted molar refractivity (Wildman–Crippen MR) is 94.8 cm³/mol. The lowest BCUT2D eigenvalue weighted by Crippen LogP contribution is -2.13. The van der Waals surface area contributed by atoms with Gasteiger partial charge in [0.05, 0.1) is 12.7 Å². The van der Waals surface area contributed by atoms with Crippen LogP contribution >= 0.6 is 23.1 Å². The maximum Gasteiger partial charge on any atom is 0.261 e. The molecule has 0 radical (unpaired) electrons. The zero-order valence-electron chi connectivity index (χ0n) is 12.7. The first-order valence-corrected chi connectivity index (χ1v) is 8.86. The number of fused-ring (bicyclic) bond motifs is 1. The van der Waals surface area contributed by atoms with Crippen LogP contribution in [0.25, 0.3) is 10.8 Å². The summed E-state index contributed by atoms with van der Waals surface area (Å²) in [6, 6.07) is 11.5. The standard InChI is InChI=1S/C16H15N3O2S2/c1-3-22-16-19-18-15(23-16)17-14(20)12-8-10-6-4-5-7-11(10)9-13(12)21-2/h4-9H,3H2,1-2H3,(H,17,18,20). The summed E-state index contributed by atoms with van der Waals surface area (Å²) in [6.07, 6.45) is 0. The predicted octanol–water partition coefficient (Wildman–Crippen LogP) is 4.06. The van der Waals surface area contributed by atoms with Crippen LogP contribution in [0.2, 0.25) is 0 Å². The van der Waals surface area contributed by atoms with Crippen molar-refractivity contribution < 1.29 is 9.53 Å².